The van der Waals surface area contributed by atoms with Crippen LogP contribution in [-0.4, -0.2) is 29.4 Å². The predicted octanol–water partition coefficient (Wildman–Crippen LogP) is 2.57. The molecule has 1 amide bonds. The average molecular weight is 320 g/mol. The molecule has 122 valence electrons. The van der Waals surface area contributed by atoms with Gasteiger partial charge < -0.3 is 14.8 Å². The molecule has 1 saturated heterocycles. The van der Waals surface area contributed by atoms with Crippen LogP contribution in [0.3, 0.4) is 0 Å². The molecule has 1 aliphatic carbocycles. The Bertz CT molecular complexity index is 769. The van der Waals surface area contributed by atoms with E-state index in [0.29, 0.717) is 25.8 Å². The van der Waals surface area contributed by atoms with Gasteiger partial charge in [-0.2, -0.15) is 0 Å². The number of amides is 1. The third-order valence-corrected chi connectivity index (χ3v) is 5.23. The second kappa shape index (κ2) is 5.78. The van der Waals surface area contributed by atoms with Gasteiger partial charge in [0.2, 0.25) is 0 Å². The Morgan fingerprint density at radius 3 is 2.21 bits per heavy atom. The van der Waals surface area contributed by atoms with Gasteiger partial charge in [-0.25, -0.2) is 0 Å². The molecule has 1 unspecified atom stereocenters. The summed E-state index contributed by atoms with van der Waals surface area (Å²) in [5, 5.41) is 11.4. The SMILES string of the molecule is O=C1CCCN(C(=O)[O-])C1CC1c2ccccc2-c2ccccc21. The molecule has 0 saturated carbocycles. The second-order valence-corrected chi connectivity index (χ2v) is 6.51. The monoisotopic (exact) mass is 320 g/mol. The molecule has 0 bridgehead atoms. The first kappa shape index (κ1) is 14.9. The van der Waals surface area contributed by atoms with E-state index in [1.165, 1.54) is 27.2 Å². The van der Waals surface area contributed by atoms with Gasteiger partial charge in [-0.15, -0.1) is 0 Å². The minimum atomic E-state index is -1.24. The van der Waals surface area contributed by atoms with Crippen LogP contribution in [0.5, 0.6) is 0 Å². The quantitative estimate of drug-likeness (QED) is 0.854. The maximum Gasteiger partial charge on any atom is 0.155 e. The molecule has 0 spiro atoms. The summed E-state index contributed by atoms with van der Waals surface area (Å²) in [6, 6.07) is 15.8. The van der Waals surface area contributed by atoms with Crippen molar-refractivity contribution < 1.29 is 14.7 Å². The van der Waals surface area contributed by atoms with Gasteiger partial charge in [0.25, 0.3) is 0 Å². The number of hydrogen-bond donors (Lipinski definition) is 0. The highest BCUT2D eigenvalue weighted by Gasteiger charge is 2.36. The summed E-state index contributed by atoms with van der Waals surface area (Å²) >= 11 is 0. The van der Waals surface area contributed by atoms with Gasteiger partial charge in [0.1, 0.15) is 6.09 Å². The number of nitrogens with zero attached hydrogens (tertiary/aromatic N) is 1. The molecule has 1 aliphatic heterocycles. The third-order valence-electron chi connectivity index (χ3n) is 5.23. The molecule has 1 atom stereocenters. The lowest BCUT2D eigenvalue weighted by Crippen LogP contribution is -2.54. The van der Waals surface area contributed by atoms with Crippen LogP contribution in [-0.2, 0) is 4.79 Å². The molecule has 4 nitrogen and oxygen atoms in total. The Kier molecular flexibility index (Phi) is 3.60. The van der Waals surface area contributed by atoms with Crippen molar-refractivity contribution in [2.24, 2.45) is 0 Å². The van der Waals surface area contributed by atoms with Gasteiger partial charge in [0.05, 0.1) is 6.04 Å². The van der Waals surface area contributed by atoms with Gasteiger partial charge in [-0.3, -0.25) is 4.79 Å². The van der Waals surface area contributed by atoms with Gasteiger partial charge >= 0.3 is 0 Å². The van der Waals surface area contributed by atoms with Crippen LogP contribution in [0.15, 0.2) is 48.5 Å². The van der Waals surface area contributed by atoms with Crippen molar-refractivity contribution in [3.63, 3.8) is 0 Å². The van der Waals surface area contributed by atoms with Crippen LogP contribution in [0.1, 0.15) is 36.3 Å². The fourth-order valence-electron chi connectivity index (χ4n) is 4.13. The Balaban J connectivity index is 1.74. The van der Waals surface area contributed by atoms with Crippen LogP contribution in [0.25, 0.3) is 11.1 Å². The highest BCUT2D eigenvalue weighted by atomic mass is 16.4. The molecular weight excluding hydrogens is 302 g/mol. The summed E-state index contributed by atoms with van der Waals surface area (Å²) in [5.41, 5.74) is 4.72. The van der Waals surface area contributed by atoms with Gasteiger partial charge in [0, 0.05) is 18.9 Å². The molecule has 4 heteroatoms. The van der Waals surface area contributed by atoms with E-state index in [0.717, 1.165) is 0 Å². The van der Waals surface area contributed by atoms with Crippen molar-refractivity contribution in [2.75, 3.05) is 6.54 Å². The Hall–Kier alpha value is -2.62. The van der Waals surface area contributed by atoms with E-state index in [-0.39, 0.29) is 11.7 Å². The number of rotatable bonds is 2. The summed E-state index contributed by atoms with van der Waals surface area (Å²) in [4.78, 5) is 25.0. The summed E-state index contributed by atoms with van der Waals surface area (Å²) in [6.45, 7) is 0.384. The van der Waals surface area contributed by atoms with Crippen LogP contribution in [0.4, 0.5) is 4.79 Å². The van der Waals surface area contributed by atoms with Crippen molar-refractivity contribution in [3.8, 4) is 11.1 Å². The van der Waals surface area contributed by atoms with Crippen LogP contribution in [0, 0.1) is 0 Å². The van der Waals surface area contributed by atoms with E-state index in [9.17, 15) is 14.7 Å². The third kappa shape index (κ3) is 2.30. The summed E-state index contributed by atoms with van der Waals surface area (Å²) in [6.07, 6.45) is 0.277. The first-order valence-electron chi connectivity index (χ1n) is 8.35. The number of likely N-dealkylation sites (tertiary alicyclic amines) is 1. The lowest BCUT2D eigenvalue weighted by Gasteiger charge is -2.38. The van der Waals surface area contributed by atoms with Crippen LogP contribution < -0.4 is 5.11 Å². The molecule has 0 radical (unpaired) electrons. The second-order valence-electron chi connectivity index (χ2n) is 6.51. The summed E-state index contributed by atoms with van der Waals surface area (Å²) in [5.74, 6) is 0.0543. The van der Waals surface area contributed by atoms with E-state index >= 15 is 0 Å². The molecule has 1 heterocycles. The zero-order valence-electron chi connectivity index (χ0n) is 13.3. The molecule has 2 aliphatic rings. The van der Waals surface area contributed by atoms with Gasteiger partial charge in [0.15, 0.2) is 5.78 Å². The number of benzene rings is 2. The Labute approximate surface area is 140 Å². The zero-order valence-corrected chi connectivity index (χ0v) is 13.3. The average Bonchev–Trinajstić information content (AvgIpc) is 2.91. The molecule has 4 rings (SSSR count). The van der Waals surface area contributed by atoms with E-state index in [4.69, 9.17) is 0 Å². The number of fused-ring (bicyclic) bond motifs is 3. The van der Waals surface area contributed by atoms with Gasteiger partial charge in [-0.05, 0) is 35.1 Å². The maximum absolute atomic E-state index is 12.4. The Morgan fingerprint density at radius 1 is 1.04 bits per heavy atom. The molecule has 2 aromatic carbocycles. The lowest BCUT2D eigenvalue weighted by molar-refractivity contribution is -0.268. The van der Waals surface area contributed by atoms with Crippen molar-refractivity contribution in [1.29, 1.82) is 0 Å². The number of ketones is 1. The highest BCUT2D eigenvalue weighted by Crippen LogP contribution is 2.47. The number of carbonyl (C=O) groups is 2. The van der Waals surface area contributed by atoms with Crippen molar-refractivity contribution in [3.05, 3.63) is 59.7 Å². The van der Waals surface area contributed by atoms with E-state index in [1.54, 1.807) is 0 Å². The number of Topliss-reactive ketones (excluding diaryl/α,β-unsaturated/α-hetero) is 1. The predicted molar refractivity (Wildman–Crippen MR) is 88.5 cm³/mol. The van der Waals surface area contributed by atoms with Crippen LogP contribution in [0.2, 0.25) is 0 Å². The first-order valence-corrected chi connectivity index (χ1v) is 8.35. The standard InChI is InChI=1S/C20H19NO3/c22-19-10-5-11-21(20(23)24)18(19)12-17-15-8-3-1-6-13(15)14-7-2-4-9-16(14)17/h1-4,6-9,17-18H,5,10-12H2,(H,23,24)/p-1. The fourth-order valence-corrected chi connectivity index (χ4v) is 4.13. The Morgan fingerprint density at radius 2 is 1.62 bits per heavy atom. The molecule has 1 fully saturated rings. The van der Waals surface area contributed by atoms with E-state index in [1.807, 2.05) is 24.3 Å². The largest absolute Gasteiger partial charge is 0.530 e. The lowest BCUT2D eigenvalue weighted by atomic mass is 9.86. The summed E-state index contributed by atoms with van der Waals surface area (Å²) < 4.78 is 0. The number of carboxylic acid groups (broad SMARTS) is 1. The van der Waals surface area contributed by atoms with E-state index in [2.05, 4.69) is 24.3 Å². The number of piperidine rings is 1. The molecule has 2 aromatic rings. The van der Waals surface area contributed by atoms with Crippen molar-refractivity contribution in [2.45, 2.75) is 31.2 Å². The molecule has 0 aromatic heterocycles. The molecule has 0 N–H and O–H groups in total. The fraction of sp³-hybridized carbons (Fsp3) is 0.300. The van der Waals surface area contributed by atoms with Crippen LogP contribution >= 0.6 is 0 Å². The topological polar surface area (TPSA) is 60.4 Å². The van der Waals surface area contributed by atoms with E-state index < -0.39 is 12.1 Å². The smallest absolute Gasteiger partial charge is 0.155 e. The molecule has 24 heavy (non-hydrogen) atoms. The summed E-state index contributed by atoms with van der Waals surface area (Å²) in [7, 11) is 0. The number of carbonyl (C=O) groups excluding carboxylic acids is 2. The number of hydrogen-bond acceptors (Lipinski definition) is 3. The minimum Gasteiger partial charge on any atom is -0.530 e. The zero-order chi connectivity index (χ0) is 16.7. The first-order chi connectivity index (χ1) is 11.7. The maximum atomic E-state index is 12.4. The molecular formula is C20H18NO3-. The minimum absolute atomic E-state index is 0.00677. The van der Waals surface area contributed by atoms with Crippen molar-refractivity contribution in [1.82, 2.24) is 4.90 Å². The normalized spacial score (nSPS) is 19.9. The van der Waals surface area contributed by atoms with Gasteiger partial charge in [-0.1, -0.05) is 48.5 Å². The van der Waals surface area contributed by atoms with Crippen molar-refractivity contribution >= 4 is 11.9 Å². The highest BCUT2D eigenvalue weighted by molar-refractivity contribution is 5.88.